The zero-order chi connectivity index (χ0) is 23.3. The molecule has 0 bridgehead atoms. The van der Waals surface area contributed by atoms with Crippen LogP contribution in [0.1, 0.15) is 5.56 Å². The quantitative estimate of drug-likeness (QED) is 0.455. The Morgan fingerprint density at radius 3 is 2.59 bits per heavy atom. The van der Waals surface area contributed by atoms with Crippen molar-refractivity contribution in [3.8, 4) is 17.2 Å². The highest BCUT2D eigenvalue weighted by Crippen LogP contribution is 2.39. The number of methoxy groups -OCH3 is 1. The number of halogens is 2. The van der Waals surface area contributed by atoms with Gasteiger partial charge >= 0.3 is 5.97 Å². The van der Waals surface area contributed by atoms with E-state index in [-0.39, 0.29) is 29.6 Å². The molecule has 2 amide bonds. The Bertz CT molecular complexity index is 1070. The molecule has 0 radical (unpaired) electrons. The summed E-state index contributed by atoms with van der Waals surface area (Å²) in [6, 6.07) is 9.99. The first-order valence-corrected chi connectivity index (χ1v) is 11.1. The summed E-state index contributed by atoms with van der Waals surface area (Å²) in [4.78, 5) is 37.1. The number of ether oxygens (including phenoxy) is 3. The van der Waals surface area contributed by atoms with Gasteiger partial charge in [0.2, 0.25) is 0 Å². The van der Waals surface area contributed by atoms with E-state index in [0.29, 0.717) is 20.8 Å². The number of aliphatic carboxylic acids is 1. The van der Waals surface area contributed by atoms with Gasteiger partial charge in [-0.2, -0.15) is 0 Å². The van der Waals surface area contributed by atoms with Crippen LogP contribution in [0.2, 0.25) is 5.02 Å². The van der Waals surface area contributed by atoms with Gasteiger partial charge in [-0.05, 0) is 75.7 Å². The normalized spacial score (nSPS) is 14.7. The van der Waals surface area contributed by atoms with Gasteiger partial charge in [0, 0.05) is 5.02 Å². The topological polar surface area (TPSA) is 102 Å². The second-order valence-corrected chi connectivity index (χ2v) is 8.64. The SMILES string of the molecule is COc1cc(/C=C2\SC(=O)N(CCOc3ccc(Cl)cc3)C2=O)cc(Br)c1OCC(=O)O. The average molecular weight is 543 g/mol. The van der Waals surface area contributed by atoms with Gasteiger partial charge in [0.25, 0.3) is 11.1 Å². The van der Waals surface area contributed by atoms with E-state index in [2.05, 4.69) is 15.9 Å². The Hall–Kier alpha value is -2.69. The number of hydrogen-bond acceptors (Lipinski definition) is 7. The third kappa shape index (κ3) is 5.96. The van der Waals surface area contributed by atoms with Crippen LogP contribution in [0, 0.1) is 0 Å². The van der Waals surface area contributed by atoms with Crippen LogP contribution in [-0.4, -0.2) is 54.0 Å². The minimum absolute atomic E-state index is 0.0968. The van der Waals surface area contributed by atoms with Crippen molar-refractivity contribution in [3.63, 3.8) is 0 Å². The predicted molar refractivity (Wildman–Crippen MR) is 123 cm³/mol. The van der Waals surface area contributed by atoms with Gasteiger partial charge in [-0.15, -0.1) is 0 Å². The molecule has 2 aromatic rings. The van der Waals surface area contributed by atoms with Crippen LogP contribution in [-0.2, 0) is 9.59 Å². The molecule has 1 fully saturated rings. The summed E-state index contributed by atoms with van der Waals surface area (Å²) in [7, 11) is 1.41. The fraction of sp³-hybridized carbons (Fsp3) is 0.190. The summed E-state index contributed by atoms with van der Waals surface area (Å²) in [5.74, 6) is -0.473. The predicted octanol–water partition coefficient (Wildman–Crippen LogP) is 4.69. The largest absolute Gasteiger partial charge is 0.493 e. The van der Waals surface area contributed by atoms with Gasteiger partial charge in [-0.3, -0.25) is 14.5 Å². The van der Waals surface area contributed by atoms with Crippen LogP contribution in [0.3, 0.4) is 0 Å². The lowest BCUT2D eigenvalue weighted by molar-refractivity contribution is -0.139. The summed E-state index contributed by atoms with van der Waals surface area (Å²) in [5.41, 5.74) is 0.569. The lowest BCUT2D eigenvalue weighted by atomic mass is 10.2. The summed E-state index contributed by atoms with van der Waals surface area (Å²) in [6.07, 6.45) is 1.55. The maximum absolute atomic E-state index is 12.7. The van der Waals surface area contributed by atoms with Crippen LogP contribution in [0.5, 0.6) is 17.2 Å². The molecule has 0 unspecified atom stereocenters. The molecule has 11 heteroatoms. The highest BCUT2D eigenvalue weighted by atomic mass is 79.9. The standard InChI is InChI=1S/C21H17BrClNO7S/c1-29-16-9-12(8-15(22)19(16)31-11-18(25)26)10-17-20(27)24(21(28)32-17)6-7-30-14-4-2-13(23)3-5-14/h2-5,8-10H,6-7,11H2,1H3,(H,25,26)/b17-10-. The van der Waals surface area contributed by atoms with E-state index in [0.717, 1.165) is 16.7 Å². The van der Waals surface area contributed by atoms with Crippen LogP contribution in [0.25, 0.3) is 6.08 Å². The number of carbonyl (C=O) groups excluding carboxylic acids is 2. The van der Waals surface area contributed by atoms with E-state index in [1.165, 1.54) is 7.11 Å². The first kappa shape index (κ1) is 24.0. The van der Waals surface area contributed by atoms with Gasteiger partial charge in [-0.1, -0.05) is 11.6 Å². The Morgan fingerprint density at radius 2 is 1.94 bits per heavy atom. The Morgan fingerprint density at radius 1 is 1.22 bits per heavy atom. The third-order valence-electron chi connectivity index (χ3n) is 4.16. The number of benzene rings is 2. The molecule has 1 saturated heterocycles. The van der Waals surface area contributed by atoms with E-state index in [4.69, 9.17) is 30.9 Å². The fourth-order valence-corrected chi connectivity index (χ4v) is 4.29. The molecule has 32 heavy (non-hydrogen) atoms. The van der Waals surface area contributed by atoms with Crippen LogP contribution in [0.15, 0.2) is 45.8 Å². The van der Waals surface area contributed by atoms with Crippen molar-refractivity contribution in [2.45, 2.75) is 0 Å². The van der Waals surface area contributed by atoms with Crippen molar-refractivity contribution in [3.05, 3.63) is 56.4 Å². The van der Waals surface area contributed by atoms with Crippen molar-refractivity contribution in [1.82, 2.24) is 4.90 Å². The molecular weight excluding hydrogens is 526 g/mol. The number of imide groups is 1. The highest BCUT2D eigenvalue weighted by molar-refractivity contribution is 9.10. The van der Waals surface area contributed by atoms with Gasteiger partial charge in [-0.25, -0.2) is 4.79 Å². The summed E-state index contributed by atoms with van der Waals surface area (Å²) >= 11 is 9.97. The number of thioether (sulfide) groups is 1. The Labute approximate surface area is 201 Å². The van der Waals surface area contributed by atoms with Crippen LogP contribution in [0.4, 0.5) is 4.79 Å². The minimum atomic E-state index is -1.13. The van der Waals surface area contributed by atoms with Crippen LogP contribution >= 0.6 is 39.3 Å². The second-order valence-electron chi connectivity index (χ2n) is 6.35. The fourth-order valence-electron chi connectivity index (χ4n) is 2.73. The molecule has 168 valence electrons. The molecule has 1 heterocycles. The summed E-state index contributed by atoms with van der Waals surface area (Å²) in [5, 5.41) is 8.99. The molecule has 2 aromatic carbocycles. The van der Waals surface area contributed by atoms with Crippen LogP contribution < -0.4 is 14.2 Å². The average Bonchev–Trinajstić information content (AvgIpc) is 3.01. The lowest BCUT2D eigenvalue weighted by Gasteiger charge is -2.13. The molecular formula is C21H17BrClNO7S. The van der Waals surface area contributed by atoms with Gasteiger partial charge < -0.3 is 19.3 Å². The number of carboxylic acid groups (broad SMARTS) is 1. The van der Waals surface area contributed by atoms with Crippen molar-refractivity contribution >= 4 is 62.5 Å². The zero-order valence-electron chi connectivity index (χ0n) is 16.7. The molecule has 3 rings (SSSR count). The molecule has 0 saturated carbocycles. The Balaban J connectivity index is 1.70. The second kappa shape index (κ2) is 10.8. The van der Waals surface area contributed by atoms with Crippen molar-refractivity contribution in [2.24, 2.45) is 0 Å². The number of nitrogens with zero attached hydrogens (tertiary/aromatic N) is 1. The molecule has 0 spiro atoms. The molecule has 1 N–H and O–H groups in total. The molecule has 0 aliphatic carbocycles. The maximum atomic E-state index is 12.7. The van der Waals surface area contributed by atoms with Crippen molar-refractivity contribution in [2.75, 3.05) is 26.9 Å². The van der Waals surface area contributed by atoms with Gasteiger partial charge in [0.1, 0.15) is 12.4 Å². The van der Waals surface area contributed by atoms with Gasteiger partial charge in [0.15, 0.2) is 18.1 Å². The van der Waals surface area contributed by atoms with Crippen molar-refractivity contribution < 1.29 is 33.7 Å². The van der Waals surface area contributed by atoms with Gasteiger partial charge in [0.05, 0.1) is 23.0 Å². The number of amides is 2. The monoisotopic (exact) mass is 541 g/mol. The molecule has 8 nitrogen and oxygen atoms in total. The first-order valence-electron chi connectivity index (χ1n) is 9.14. The van der Waals surface area contributed by atoms with E-state index in [9.17, 15) is 14.4 Å². The molecule has 0 aromatic heterocycles. The number of carbonyl (C=O) groups is 3. The van der Waals surface area contributed by atoms with E-state index in [1.54, 1.807) is 42.5 Å². The maximum Gasteiger partial charge on any atom is 0.341 e. The third-order valence-corrected chi connectivity index (χ3v) is 5.91. The van der Waals surface area contributed by atoms with E-state index >= 15 is 0 Å². The van der Waals surface area contributed by atoms with E-state index in [1.807, 2.05) is 0 Å². The summed E-state index contributed by atoms with van der Waals surface area (Å²) < 4.78 is 16.5. The minimum Gasteiger partial charge on any atom is -0.493 e. The first-order chi connectivity index (χ1) is 15.3. The number of rotatable bonds is 9. The number of carboxylic acids is 1. The smallest absolute Gasteiger partial charge is 0.341 e. The highest BCUT2D eigenvalue weighted by Gasteiger charge is 2.35. The zero-order valence-corrected chi connectivity index (χ0v) is 19.8. The van der Waals surface area contributed by atoms with Crippen molar-refractivity contribution in [1.29, 1.82) is 0 Å². The van der Waals surface area contributed by atoms with E-state index < -0.39 is 23.7 Å². The molecule has 1 aliphatic rings. The molecule has 1 aliphatic heterocycles. The lowest BCUT2D eigenvalue weighted by Crippen LogP contribution is -2.32. The number of hydrogen-bond donors (Lipinski definition) is 1. The summed E-state index contributed by atoms with van der Waals surface area (Å²) in [6.45, 7) is -0.299. The molecule has 0 atom stereocenters. The Kier molecular flexibility index (Phi) is 8.05.